The molecule has 168 valence electrons. The third-order valence-corrected chi connectivity index (χ3v) is 7.21. The number of rotatable bonds is 5. The molecule has 1 N–H and O–H groups in total. The molecule has 11 heteroatoms. The number of amides is 1. The molecule has 0 saturated carbocycles. The molecular weight excluding hydrogens is 451 g/mol. The first-order valence-corrected chi connectivity index (χ1v) is 11.3. The van der Waals surface area contributed by atoms with Crippen molar-refractivity contribution in [3.8, 4) is 0 Å². The molecular formula is C20H22F3N3O3S2. The van der Waals surface area contributed by atoms with Gasteiger partial charge in [-0.25, -0.2) is 9.78 Å². The second-order valence-electron chi connectivity index (χ2n) is 7.42. The Morgan fingerprint density at radius 3 is 2.68 bits per heavy atom. The van der Waals surface area contributed by atoms with Crippen molar-refractivity contribution in [1.29, 1.82) is 0 Å². The van der Waals surface area contributed by atoms with Gasteiger partial charge >= 0.3 is 12.1 Å². The van der Waals surface area contributed by atoms with Gasteiger partial charge in [-0.15, -0.1) is 29.3 Å². The normalized spacial score (nSPS) is 23.8. The van der Waals surface area contributed by atoms with Crippen molar-refractivity contribution >= 4 is 34.6 Å². The zero-order valence-corrected chi connectivity index (χ0v) is 18.2. The lowest BCUT2D eigenvalue weighted by molar-refractivity contribution is -0.192. The van der Waals surface area contributed by atoms with Crippen LogP contribution in [0.1, 0.15) is 22.2 Å². The topological polar surface area (TPSA) is 73.7 Å². The number of alkyl halides is 3. The number of aromatic nitrogens is 1. The van der Waals surface area contributed by atoms with Gasteiger partial charge in [-0.2, -0.15) is 13.2 Å². The molecule has 6 nitrogen and oxygen atoms in total. The van der Waals surface area contributed by atoms with Crippen molar-refractivity contribution in [1.82, 2.24) is 14.8 Å². The van der Waals surface area contributed by atoms with E-state index in [2.05, 4.69) is 34.0 Å². The van der Waals surface area contributed by atoms with Crippen molar-refractivity contribution in [2.75, 3.05) is 26.2 Å². The second kappa shape index (κ2) is 9.49. The van der Waals surface area contributed by atoms with Gasteiger partial charge < -0.3 is 10.0 Å². The van der Waals surface area contributed by atoms with Crippen molar-refractivity contribution < 1.29 is 27.9 Å². The zero-order valence-electron chi connectivity index (χ0n) is 16.5. The molecule has 2 aromatic heterocycles. The van der Waals surface area contributed by atoms with Crippen LogP contribution in [0.2, 0.25) is 0 Å². The first-order chi connectivity index (χ1) is 14.7. The summed E-state index contributed by atoms with van der Waals surface area (Å²) in [5, 5.41) is 12.4. The molecule has 0 aliphatic carbocycles. The van der Waals surface area contributed by atoms with Crippen molar-refractivity contribution in [3.05, 3.63) is 51.6 Å². The number of hydrogen-bond acceptors (Lipinski definition) is 6. The summed E-state index contributed by atoms with van der Waals surface area (Å²) in [6.07, 6.45) is -0.477. The number of halogens is 3. The van der Waals surface area contributed by atoms with Crippen LogP contribution in [-0.4, -0.2) is 64.1 Å². The van der Waals surface area contributed by atoms with Gasteiger partial charge in [-0.1, -0.05) is 12.1 Å². The maximum absolute atomic E-state index is 13.2. The SMILES string of the molecule is C=CCN1CCC2(CN(Cc3cccs3)CC2c2nccs2)C1=O.O=C(O)C(F)(F)F. The smallest absolute Gasteiger partial charge is 0.475 e. The Morgan fingerprint density at radius 2 is 2.13 bits per heavy atom. The number of carboxylic acids is 1. The maximum atomic E-state index is 13.2. The molecule has 0 radical (unpaired) electrons. The molecule has 4 rings (SSSR count). The highest BCUT2D eigenvalue weighted by Gasteiger charge is 2.57. The molecule has 0 aromatic carbocycles. The summed E-state index contributed by atoms with van der Waals surface area (Å²) >= 11 is 3.47. The molecule has 2 saturated heterocycles. The first kappa shape index (κ1) is 23.4. The lowest BCUT2D eigenvalue weighted by Gasteiger charge is -2.27. The molecule has 2 aliphatic heterocycles. The minimum atomic E-state index is -5.08. The van der Waals surface area contributed by atoms with Crippen LogP contribution in [0.3, 0.4) is 0 Å². The Bertz CT molecular complexity index is 903. The molecule has 2 aromatic rings. The van der Waals surface area contributed by atoms with Gasteiger partial charge in [-0.05, 0) is 17.9 Å². The van der Waals surface area contributed by atoms with Gasteiger partial charge in [-0.3, -0.25) is 9.69 Å². The fraction of sp³-hybridized carbons (Fsp3) is 0.450. The Kier molecular flexibility index (Phi) is 7.17. The number of thiophene rings is 1. The predicted octanol–water partition coefficient (Wildman–Crippen LogP) is 3.84. The molecule has 2 unspecified atom stereocenters. The van der Waals surface area contributed by atoms with Crippen molar-refractivity contribution in [3.63, 3.8) is 0 Å². The summed E-state index contributed by atoms with van der Waals surface area (Å²) in [5.41, 5.74) is -0.307. The van der Waals surface area contributed by atoms with Crippen LogP contribution in [0, 0.1) is 5.41 Å². The summed E-state index contributed by atoms with van der Waals surface area (Å²) in [7, 11) is 0. The van der Waals surface area contributed by atoms with Crippen molar-refractivity contribution in [2.24, 2.45) is 5.41 Å². The second-order valence-corrected chi connectivity index (χ2v) is 9.38. The van der Waals surface area contributed by atoms with Gasteiger partial charge in [0, 0.05) is 55.1 Å². The zero-order chi connectivity index (χ0) is 22.6. The van der Waals surface area contributed by atoms with Gasteiger partial charge in [0.05, 0.1) is 10.4 Å². The molecule has 4 heterocycles. The maximum Gasteiger partial charge on any atom is 0.490 e. The fourth-order valence-electron chi connectivity index (χ4n) is 4.13. The van der Waals surface area contributed by atoms with Crippen LogP contribution in [0.15, 0.2) is 41.7 Å². The largest absolute Gasteiger partial charge is 0.490 e. The van der Waals surface area contributed by atoms with E-state index < -0.39 is 12.1 Å². The summed E-state index contributed by atoms with van der Waals surface area (Å²) in [6.45, 7) is 7.95. The number of likely N-dealkylation sites (tertiary alicyclic amines) is 2. The summed E-state index contributed by atoms with van der Waals surface area (Å²) in [5.74, 6) is -2.26. The Morgan fingerprint density at radius 1 is 1.39 bits per heavy atom. The third-order valence-electron chi connectivity index (χ3n) is 5.46. The van der Waals surface area contributed by atoms with Crippen LogP contribution in [0.4, 0.5) is 13.2 Å². The molecule has 2 fully saturated rings. The average molecular weight is 474 g/mol. The van der Waals surface area contributed by atoms with Gasteiger partial charge in [0.1, 0.15) is 0 Å². The lowest BCUT2D eigenvalue weighted by atomic mass is 9.77. The van der Waals surface area contributed by atoms with E-state index in [4.69, 9.17) is 9.90 Å². The Hall–Kier alpha value is -2.24. The molecule has 2 atom stereocenters. The van der Waals surface area contributed by atoms with E-state index in [0.717, 1.165) is 37.6 Å². The number of carbonyl (C=O) groups excluding carboxylic acids is 1. The number of nitrogens with zero attached hydrogens (tertiary/aromatic N) is 3. The van der Waals surface area contributed by atoms with Gasteiger partial charge in [0.25, 0.3) is 0 Å². The van der Waals surface area contributed by atoms with E-state index in [9.17, 15) is 18.0 Å². The van der Waals surface area contributed by atoms with Crippen LogP contribution in [0.25, 0.3) is 0 Å². The van der Waals surface area contributed by atoms with Crippen LogP contribution in [-0.2, 0) is 16.1 Å². The number of hydrogen-bond donors (Lipinski definition) is 1. The summed E-state index contributed by atoms with van der Waals surface area (Å²) in [6, 6.07) is 4.27. The molecule has 0 bridgehead atoms. The molecule has 1 amide bonds. The van der Waals surface area contributed by atoms with Crippen LogP contribution in [0.5, 0.6) is 0 Å². The Balaban J connectivity index is 0.000000339. The fourth-order valence-corrected chi connectivity index (χ4v) is 5.72. The first-order valence-electron chi connectivity index (χ1n) is 9.52. The Labute approximate surface area is 185 Å². The van der Waals surface area contributed by atoms with E-state index in [0.29, 0.717) is 6.54 Å². The third kappa shape index (κ3) is 5.16. The highest BCUT2D eigenvalue weighted by molar-refractivity contribution is 7.10. The van der Waals surface area contributed by atoms with Gasteiger partial charge in [0.15, 0.2) is 0 Å². The van der Waals surface area contributed by atoms with Crippen molar-refractivity contribution in [2.45, 2.75) is 25.1 Å². The highest BCUT2D eigenvalue weighted by atomic mass is 32.1. The number of carboxylic acid groups (broad SMARTS) is 1. The quantitative estimate of drug-likeness (QED) is 0.668. The minimum absolute atomic E-state index is 0.208. The molecule has 2 aliphatic rings. The average Bonchev–Trinajstić information content (AvgIpc) is 3.48. The number of aliphatic carboxylic acids is 1. The molecule has 31 heavy (non-hydrogen) atoms. The van der Waals surface area contributed by atoms with E-state index in [-0.39, 0.29) is 17.2 Å². The summed E-state index contributed by atoms with van der Waals surface area (Å²) in [4.78, 5) is 32.4. The minimum Gasteiger partial charge on any atom is -0.475 e. The van der Waals surface area contributed by atoms with E-state index in [1.165, 1.54) is 4.88 Å². The monoisotopic (exact) mass is 473 g/mol. The van der Waals surface area contributed by atoms with E-state index in [1.807, 2.05) is 22.6 Å². The van der Waals surface area contributed by atoms with E-state index in [1.54, 1.807) is 22.7 Å². The van der Waals surface area contributed by atoms with E-state index >= 15 is 0 Å². The number of carbonyl (C=O) groups is 2. The highest BCUT2D eigenvalue weighted by Crippen LogP contribution is 2.50. The van der Waals surface area contributed by atoms with Gasteiger partial charge in [0.2, 0.25) is 5.91 Å². The van der Waals surface area contributed by atoms with Crippen LogP contribution >= 0.6 is 22.7 Å². The predicted molar refractivity (Wildman–Crippen MR) is 112 cm³/mol. The summed E-state index contributed by atoms with van der Waals surface area (Å²) < 4.78 is 31.7. The standard InChI is InChI=1S/C18H21N3OS2.C2HF3O2/c1-2-7-21-8-5-18(17(21)22)13-20(11-14-4-3-9-23-14)12-15(18)16-19-6-10-24-16;3-2(4,5)1(6)7/h2-4,6,9-10,15H,1,5,7-8,11-13H2;(H,6,7). The lowest BCUT2D eigenvalue weighted by Crippen LogP contribution is -2.39. The number of thiazole rings is 1. The van der Waals surface area contributed by atoms with Crippen LogP contribution < -0.4 is 0 Å². The molecule has 1 spiro atoms.